The Morgan fingerprint density at radius 2 is 1.69 bits per heavy atom. The van der Waals surface area contributed by atoms with Crippen LogP contribution in [-0.4, -0.2) is 44.2 Å². The summed E-state index contributed by atoms with van der Waals surface area (Å²) in [4.78, 5) is 30.2. The number of aromatic nitrogens is 1. The standard InChI is InChI=1S/C25H28N2O5/c1-15(2)12-21(25(29)32-5)27-24(28)18-14-20(26-19-9-7-6-8-17(18)19)16-10-11-22(30-3)23(13-16)31-4/h6-11,13-15,21H,12H2,1-5H3,(H,27,28). The molecule has 1 unspecified atom stereocenters. The topological polar surface area (TPSA) is 86.8 Å². The fourth-order valence-corrected chi connectivity index (χ4v) is 3.57. The maximum Gasteiger partial charge on any atom is 0.328 e. The zero-order valence-corrected chi connectivity index (χ0v) is 19.0. The van der Waals surface area contributed by atoms with Crippen LogP contribution in [0.2, 0.25) is 0 Å². The van der Waals surface area contributed by atoms with E-state index in [0.717, 1.165) is 5.56 Å². The molecule has 0 saturated heterocycles. The van der Waals surface area contributed by atoms with Crippen LogP contribution in [0, 0.1) is 5.92 Å². The number of amides is 1. The summed E-state index contributed by atoms with van der Waals surface area (Å²) in [5.74, 6) is 0.543. The summed E-state index contributed by atoms with van der Waals surface area (Å²) in [5.41, 5.74) is 2.48. The van der Waals surface area contributed by atoms with Crippen LogP contribution in [0.4, 0.5) is 0 Å². The first-order valence-electron chi connectivity index (χ1n) is 10.4. The van der Waals surface area contributed by atoms with Crippen molar-refractivity contribution in [2.24, 2.45) is 5.92 Å². The van der Waals surface area contributed by atoms with E-state index < -0.39 is 12.0 Å². The van der Waals surface area contributed by atoms with E-state index in [1.54, 1.807) is 26.4 Å². The van der Waals surface area contributed by atoms with E-state index in [0.29, 0.717) is 40.1 Å². The number of nitrogens with zero attached hydrogens (tertiary/aromatic N) is 1. The molecule has 0 saturated carbocycles. The predicted molar refractivity (Wildman–Crippen MR) is 123 cm³/mol. The highest BCUT2D eigenvalue weighted by molar-refractivity contribution is 6.08. The lowest BCUT2D eigenvalue weighted by molar-refractivity contribution is -0.143. The lowest BCUT2D eigenvalue weighted by Gasteiger charge is -2.19. The number of carbonyl (C=O) groups excluding carboxylic acids is 2. The molecular formula is C25H28N2O5. The van der Waals surface area contributed by atoms with Crippen LogP contribution in [-0.2, 0) is 9.53 Å². The van der Waals surface area contributed by atoms with Gasteiger partial charge in [-0.1, -0.05) is 32.0 Å². The third kappa shape index (κ3) is 4.99. The molecule has 0 aliphatic carbocycles. The van der Waals surface area contributed by atoms with Crippen molar-refractivity contribution < 1.29 is 23.8 Å². The number of hydrogen-bond acceptors (Lipinski definition) is 6. The molecule has 32 heavy (non-hydrogen) atoms. The summed E-state index contributed by atoms with van der Waals surface area (Å²) in [6.07, 6.45) is 0.476. The van der Waals surface area contributed by atoms with Gasteiger partial charge < -0.3 is 19.5 Å². The first kappa shape index (κ1) is 23.1. The van der Waals surface area contributed by atoms with E-state index in [1.807, 2.05) is 50.2 Å². The molecule has 0 radical (unpaired) electrons. The number of pyridine rings is 1. The molecule has 0 bridgehead atoms. The Kier molecular flexibility index (Phi) is 7.30. The van der Waals surface area contributed by atoms with Crippen LogP contribution in [0.1, 0.15) is 30.6 Å². The zero-order chi connectivity index (χ0) is 23.3. The Hall–Kier alpha value is -3.61. The minimum absolute atomic E-state index is 0.205. The number of para-hydroxylation sites is 1. The Morgan fingerprint density at radius 1 is 0.969 bits per heavy atom. The van der Waals surface area contributed by atoms with Gasteiger partial charge in [-0.25, -0.2) is 9.78 Å². The fourth-order valence-electron chi connectivity index (χ4n) is 3.57. The average Bonchev–Trinajstić information content (AvgIpc) is 2.81. The van der Waals surface area contributed by atoms with E-state index in [4.69, 9.17) is 19.2 Å². The van der Waals surface area contributed by atoms with Crippen LogP contribution >= 0.6 is 0 Å². The third-order valence-corrected chi connectivity index (χ3v) is 5.14. The second kappa shape index (κ2) is 10.1. The largest absolute Gasteiger partial charge is 0.493 e. The zero-order valence-electron chi connectivity index (χ0n) is 19.0. The first-order valence-corrected chi connectivity index (χ1v) is 10.4. The maximum atomic E-state index is 13.3. The predicted octanol–water partition coefficient (Wildman–Crippen LogP) is 4.24. The number of rotatable bonds is 8. The number of nitrogens with one attached hydrogen (secondary N) is 1. The molecule has 0 fully saturated rings. The lowest BCUT2D eigenvalue weighted by atomic mass is 10.0. The van der Waals surface area contributed by atoms with E-state index in [2.05, 4.69) is 5.32 Å². The number of methoxy groups -OCH3 is 3. The summed E-state index contributed by atoms with van der Waals surface area (Å²) in [6, 6.07) is 13.9. The van der Waals surface area contributed by atoms with Crippen molar-refractivity contribution in [3.8, 4) is 22.8 Å². The minimum atomic E-state index is -0.732. The number of carbonyl (C=O) groups is 2. The van der Waals surface area contributed by atoms with Crippen LogP contribution in [0.3, 0.4) is 0 Å². The van der Waals surface area contributed by atoms with Crippen LogP contribution in [0.25, 0.3) is 22.2 Å². The summed E-state index contributed by atoms with van der Waals surface area (Å²) in [7, 11) is 4.46. The molecule has 3 rings (SSSR count). The van der Waals surface area contributed by atoms with E-state index in [9.17, 15) is 9.59 Å². The number of ether oxygens (including phenoxy) is 3. The van der Waals surface area contributed by atoms with Crippen molar-refractivity contribution in [1.29, 1.82) is 0 Å². The van der Waals surface area contributed by atoms with Gasteiger partial charge in [-0.15, -0.1) is 0 Å². The Labute approximate surface area is 187 Å². The number of benzene rings is 2. The summed E-state index contributed by atoms with van der Waals surface area (Å²) < 4.78 is 15.6. The van der Waals surface area contributed by atoms with Crippen molar-refractivity contribution >= 4 is 22.8 Å². The molecule has 7 nitrogen and oxygen atoms in total. The van der Waals surface area contributed by atoms with Gasteiger partial charge in [-0.2, -0.15) is 0 Å². The van der Waals surface area contributed by atoms with Crippen LogP contribution in [0.15, 0.2) is 48.5 Å². The Balaban J connectivity index is 2.07. The SMILES string of the molecule is COC(=O)C(CC(C)C)NC(=O)c1cc(-c2ccc(OC)c(OC)c2)nc2ccccc12. The molecule has 0 aliphatic rings. The quantitative estimate of drug-likeness (QED) is 0.532. The monoisotopic (exact) mass is 436 g/mol. The smallest absolute Gasteiger partial charge is 0.328 e. The Morgan fingerprint density at radius 3 is 2.34 bits per heavy atom. The highest BCUT2D eigenvalue weighted by Crippen LogP contribution is 2.33. The molecule has 1 heterocycles. The molecule has 1 atom stereocenters. The number of hydrogen-bond donors (Lipinski definition) is 1. The first-order chi connectivity index (χ1) is 15.4. The fraction of sp³-hybridized carbons (Fsp3) is 0.320. The molecule has 1 aromatic heterocycles. The summed E-state index contributed by atoms with van der Waals surface area (Å²) in [5, 5.41) is 3.54. The molecule has 2 aromatic carbocycles. The van der Waals surface area contributed by atoms with Gasteiger partial charge in [-0.05, 0) is 42.7 Å². The van der Waals surface area contributed by atoms with E-state index in [-0.39, 0.29) is 11.8 Å². The Bertz CT molecular complexity index is 1130. The van der Waals surface area contributed by atoms with Crippen molar-refractivity contribution in [1.82, 2.24) is 10.3 Å². The molecule has 0 aliphatic heterocycles. The highest BCUT2D eigenvalue weighted by Gasteiger charge is 2.24. The third-order valence-electron chi connectivity index (χ3n) is 5.14. The molecule has 3 aromatic rings. The van der Waals surface area contributed by atoms with Gasteiger partial charge in [0.1, 0.15) is 6.04 Å². The summed E-state index contributed by atoms with van der Waals surface area (Å²) >= 11 is 0. The minimum Gasteiger partial charge on any atom is -0.493 e. The van der Waals surface area contributed by atoms with Crippen molar-refractivity contribution in [3.63, 3.8) is 0 Å². The second-order valence-electron chi connectivity index (χ2n) is 7.82. The highest BCUT2D eigenvalue weighted by atomic mass is 16.5. The average molecular weight is 437 g/mol. The van der Waals surface area contributed by atoms with Gasteiger partial charge in [0.15, 0.2) is 11.5 Å². The number of fused-ring (bicyclic) bond motifs is 1. The maximum absolute atomic E-state index is 13.3. The van der Waals surface area contributed by atoms with Gasteiger partial charge in [-0.3, -0.25) is 4.79 Å². The van der Waals surface area contributed by atoms with Crippen molar-refractivity contribution in [2.75, 3.05) is 21.3 Å². The van der Waals surface area contributed by atoms with E-state index >= 15 is 0 Å². The molecule has 1 N–H and O–H groups in total. The van der Waals surface area contributed by atoms with E-state index in [1.165, 1.54) is 7.11 Å². The molecule has 168 valence electrons. The summed E-state index contributed by atoms with van der Waals surface area (Å²) in [6.45, 7) is 3.97. The molecule has 7 heteroatoms. The van der Waals surface area contributed by atoms with Gasteiger partial charge in [0.25, 0.3) is 5.91 Å². The van der Waals surface area contributed by atoms with Gasteiger partial charge in [0.2, 0.25) is 0 Å². The lowest BCUT2D eigenvalue weighted by Crippen LogP contribution is -2.42. The van der Waals surface area contributed by atoms with Gasteiger partial charge in [0, 0.05) is 10.9 Å². The van der Waals surface area contributed by atoms with Crippen molar-refractivity contribution in [3.05, 3.63) is 54.1 Å². The van der Waals surface area contributed by atoms with Gasteiger partial charge >= 0.3 is 5.97 Å². The van der Waals surface area contributed by atoms with Gasteiger partial charge in [0.05, 0.1) is 38.1 Å². The van der Waals surface area contributed by atoms with Crippen molar-refractivity contribution in [2.45, 2.75) is 26.3 Å². The second-order valence-corrected chi connectivity index (χ2v) is 7.82. The molecule has 0 spiro atoms. The molecular weight excluding hydrogens is 408 g/mol. The molecule has 1 amide bonds. The van der Waals surface area contributed by atoms with Crippen LogP contribution < -0.4 is 14.8 Å². The normalized spacial score (nSPS) is 11.8. The van der Waals surface area contributed by atoms with Crippen LogP contribution in [0.5, 0.6) is 11.5 Å². The number of esters is 1.